The van der Waals surface area contributed by atoms with E-state index in [1.807, 2.05) is 6.07 Å². The zero-order chi connectivity index (χ0) is 21.6. The summed E-state index contributed by atoms with van der Waals surface area (Å²) in [7, 11) is 0. The number of carboxylic acid groups (broad SMARTS) is 1. The highest BCUT2D eigenvalue weighted by Gasteiger charge is 2.41. The molecule has 0 aliphatic heterocycles. The average molecular weight is 447 g/mol. The fraction of sp³-hybridized carbons (Fsp3) is 0.300. The number of ketones is 1. The summed E-state index contributed by atoms with van der Waals surface area (Å²) >= 11 is 12.0. The lowest BCUT2D eigenvalue weighted by Crippen LogP contribution is -2.34. The van der Waals surface area contributed by atoms with Gasteiger partial charge in [0.05, 0.1) is 12.5 Å². The molecule has 1 atom stereocenters. The molecule has 2 aromatic rings. The van der Waals surface area contributed by atoms with Gasteiger partial charge in [-0.1, -0.05) is 53.5 Å². The van der Waals surface area contributed by atoms with E-state index in [1.165, 1.54) is 12.1 Å². The van der Waals surface area contributed by atoms with E-state index in [1.54, 1.807) is 24.3 Å². The van der Waals surface area contributed by atoms with Crippen LogP contribution in [0.25, 0.3) is 0 Å². The Labute approximate surface area is 175 Å². The first kappa shape index (κ1) is 23.1. The predicted molar refractivity (Wildman–Crippen MR) is 104 cm³/mol. The van der Waals surface area contributed by atoms with Crippen LogP contribution in [0.1, 0.15) is 24.0 Å². The molecule has 2 aromatic carbocycles. The zero-order valence-electron chi connectivity index (χ0n) is 15.1. The molecule has 9 heteroatoms. The van der Waals surface area contributed by atoms with Crippen LogP contribution in [-0.4, -0.2) is 34.0 Å². The number of alkyl halides is 2. The fourth-order valence-corrected chi connectivity index (χ4v) is 3.11. The summed E-state index contributed by atoms with van der Waals surface area (Å²) in [6.45, 7) is 0.0708. The van der Waals surface area contributed by atoms with E-state index in [0.717, 1.165) is 5.56 Å². The Hall–Kier alpha value is -2.22. The van der Waals surface area contributed by atoms with Crippen LogP contribution >= 0.6 is 23.2 Å². The number of hydrogen-bond donors (Lipinski definition) is 2. The van der Waals surface area contributed by atoms with Crippen molar-refractivity contribution in [3.8, 4) is 5.75 Å². The lowest BCUT2D eigenvalue weighted by atomic mass is 9.98. The van der Waals surface area contributed by atoms with Crippen LogP contribution in [0.2, 0.25) is 10.0 Å². The van der Waals surface area contributed by atoms with Crippen molar-refractivity contribution < 1.29 is 33.3 Å². The summed E-state index contributed by atoms with van der Waals surface area (Å²) in [5.74, 6) is -6.87. The summed E-state index contributed by atoms with van der Waals surface area (Å²) in [4.78, 5) is 22.5. The standard InChI is InChI=1S/C20H18Cl2F2O5/c21-13-6-16(22)15(17(7-13)29-11-12-4-2-1-3-5-12)10-20(23,24)18(26)8-14(25)9-19(27)28/h1-7,14,25H,8-11H2,(H,27,28). The molecule has 0 fully saturated rings. The van der Waals surface area contributed by atoms with Crippen LogP contribution < -0.4 is 4.74 Å². The number of aliphatic hydroxyl groups excluding tert-OH is 1. The number of ether oxygens (including phenoxy) is 1. The van der Waals surface area contributed by atoms with Crippen LogP contribution in [0, 0.1) is 0 Å². The third-order valence-corrected chi connectivity index (χ3v) is 4.55. The van der Waals surface area contributed by atoms with Gasteiger partial charge in [0.25, 0.3) is 0 Å². The smallest absolute Gasteiger partial charge is 0.309 e. The number of benzene rings is 2. The van der Waals surface area contributed by atoms with Crippen LogP contribution in [0.3, 0.4) is 0 Å². The Morgan fingerprint density at radius 2 is 1.76 bits per heavy atom. The first-order chi connectivity index (χ1) is 13.6. The molecule has 2 N–H and O–H groups in total. The van der Waals surface area contributed by atoms with E-state index in [0.29, 0.717) is 0 Å². The number of aliphatic carboxylic acids is 1. The lowest BCUT2D eigenvalue weighted by molar-refractivity contribution is -0.146. The van der Waals surface area contributed by atoms with E-state index in [4.69, 9.17) is 33.0 Å². The van der Waals surface area contributed by atoms with Gasteiger partial charge in [-0.3, -0.25) is 9.59 Å². The number of Topliss-reactive ketones (excluding diaryl/α,β-unsaturated/α-hetero) is 1. The topological polar surface area (TPSA) is 83.8 Å². The van der Waals surface area contributed by atoms with Gasteiger partial charge in [0, 0.05) is 28.5 Å². The summed E-state index contributed by atoms with van der Waals surface area (Å²) in [6.07, 6.45) is -4.59. The van der Waals surface area contributed by atoms with Crippen molar-refractivity contribution in [2.75, 3.05) is 0 Å². The van der Waals surface area contributed by atoms with Crippen LogP contribution in [0.4, 0.5) is 8.78 Å². The molecule has 0 saturated carbocycles. The van der Waals surface area contributed by atoms with Gasteiger partial charge in [-0.25, -0.2) is 0 Å². The summed E-state index contributed by atoms with van der Waals surface area (Å²) < 4.78 is 34.5. The van der Waals surface area contributed by atoms with Crippen molar-refractivity contribution in [2.24, 2.45) is 0 Å². The number of carbonyl (C=O) groups is 2. The number of hydrogen-bond acceptors (Lipinski definition) is 4. The molecule has 0 heterocycles. The molecule has 29 heavy (non-hydrogen) atoms. The van der Waals surface area contributed by atoms with Gasteiger partial charge in [-0.05, 0) is 17.7 Å². The quantitative estimate of drug-likeness (QED) is 0.559. The Bertz CT molecular complexity index is 875. The average Bonchev–Trinajstić information content (AvgIpc) is 2.62. The highest BCUT2D eigenvalue weighted by molar-refractivity contribution is 6.35. The minimum Gasteiger partial charge on any atom is -0.489 e. The maximum absolute atomic E-state index is 14.5. The second-order valence-electron chi connectivity index (χ2n) is 6.40. The van der Waals surface area contributed by atoms with Crippen molar-refractivity contribution in [3.05, 3.63) is 63.6 Å². The molecule has 0 saturated heterocycles. The first-order valence-corrected chi connectivity index (χ1v) is 9.29. The van der Waals surface area contributed by atoms with Crippen molar-refractivity contribution in [3.63, 3.8) is 0 Å². The van der Waals surface area contributed by atoms with E-state index >= 15 is 0 Å². The Morgan fingerprint density at radius 3 is 2.38 bits per heavy atom. The minimum absolute atomic E-state index is 0.00455. The van der Waals surface area contributed by atoms with E-state index < -0.39 is 43.0 Å². The molecule has 2 rings (SSSR count). The van der Waals surface area contributed by atoms with Gasteiger partial charge in [0.15, 0.2) is 0 Å². The highest BCUT2D eigenvalue weighted by Crippen LogP contribution is 2.36. The molecule has 0 radical (unpaired) electrons. The van der Waals surface area contributed by atoms with Crippen LogP contribution in [0.5, 0.6) is 5.75 Å². The monoisotopic (exact) mass is 446 g/mol. The number of carboxylic acids is 1. The third kappa shape index (κ3) is 6.96. The molecular weight excluding hydrogens is 429 g/mol. The van der Waals surface area contributed by atoms with Gasteiger partial charge in [-0.2, -0.15) is 8.78 Å². The largest absolute Gasteiger partial charge is 0.489 e. The number of halogens is 4. The lowest BCUT2D eigenvalue weighted by Gasteiger charge is -2.20. The third-order valence-electron chi connectivity index (χ3n) is 3.99. The molecule has 0 aliphatic carbocycles. The Morgan fingerprint density at radius 1 is 1.10 bits per heavy atom. The summed E-state index contributed by atoms with van der Waals surface area (Å²) in [6, 6.07) is 11.6. The number of aliphatic hydroxyl groups is 1. The molecule has 5 nitrogen and oxygen atoms in total. The second kappa shape index (κ2) is 10.0. The van der Waals surface area contributed by atoms with Crippen molar-refractivity contribution in [2.45, 2.75) is 37.9 Å². The summed E-state index contributed by atoms with van der Waals surface area (Å²) in [5.41, 5.74) is 0.673. The van der Waals surface area contributed by atoms with Gasteiger partial charge in [0.2, 0.25) is 5.78 Å². The maximum atomic E-state index is 14.5. The molecular formula is C20H18Cl2F2O5. The van der Waals surface area contributed by atoms with Gasteiger partial charge in [-0.15, -0.1) is 0 Å². The van der Waals surface area contributed by atoms with E-state index in [2.05, 4.69) is 0 Å². The normalized spacial score (nSPS) is 12.4. The zero-order valence-corrected chi connectivity index (χ0v) is 16.6. The Balaban J connectivity index is 2.19. The maximum Gasteiger partial charge on any atom is 0.309 e. The van der Waals surface area contributed by atoms with Crippen molar-refractivity contribution in [1.29, 1.82) is 0 Å². The van der Waals surface area contributed by atoms with Gasteiger partial charge in [0.1, 0.15) is 12.4 Å². The minimum atomic E-state index is -3.89. The molecule has 0 aliphatic rings. The first-order valence-electron chi connectivity index (χ1n) is 8.54. The predicted octanol–water partition coefficient (Wildman–Crippen LogP) is 4.55. The number of carbonyl (C=O) groups excluding carboxylic acids is 1. The van der Waals surface area contributed by atoms with Crippen LogP contribution in [0.15, 0.2) is 42.5 Å². The fourth-order valence-electron chi connectivity index (χ4n) is 2.57. The van der Waals surface area contributed by atoms with Crippen LogP contribution in [-0.2, 0) is 22.6 Å². The molecule has 0 bridgehead atoms. The van der Waals surface area contributed by atoms with Gasteiger partial charge < -0.3 is 14.9 Å². The molecule has 1 unspecified atom stereocenters. The molecule has 0 spiro atoms. The second-order valence-corrected chi connectivity index (χ2v) is 7.24. The number of rotatable bonds is 10. The van der Waals surface area contributed by atoms with E-state index in [9.17, 15) is 23.5 Å². The van der Waals surface area contributed by atoms with E-state index in [-0.39, 0.29) is 28.0 Å². The summed E-state index contributed by atoms with van der Waals surface area (Å²) in [5, 5.41) is 18.1. The van der Waals surface area contributed by atoms with Crippen molar-refractivity contribution in [1.82, 2.24) is 0 Å². The van der Waals surface area contributed by atoms with Crippen molar-refractivity contribution >= 4 is 35.0 Å². The molecule has 0 aromatic heterocycles. The Kier molecular flexibility index (Phi) is 7.96. The highest BCUT2D eigenvalue weighted by atomic mass is 35.5. The SMILES string of the molecule is O=C(O)CC(O)CC(=O)C(F)(F)Cc1c(Cl)cc(Cl)cc1OCc1ccccc1. The van der Waals surface area contributed by atoms with Gasteiger partial charge >= 0.3 is 11.9 Å². The molecule has 156 valence electrons. The molecule has 0 amide bonds.